The summed E-state index contributed by atoms with van der Waals surface area (Å²) < 4.78 is 3.99. The van der Waals surface area contributed by atoms with Crippen molar-refractivity contribution in [2.24, 2.45) is 0 Å². The van der Waals surface area contributed by atoms with E-state index in [4.69, 9.17) is 0 Å². The Morgan fingerprint density at radius 2 is 2.00 bits per heavy atom. The number of rotatable bonds is 7. The van der Waals surface area contributed by atoms with Crippen LogP contribution in [0.25, 0.3) is 5.69 Å². The lowest BCUT2D eigenvalue weighted by Crippen LogP contribution is -2.21. The first kappa shape index (κ1) is 16.5. The fraction of sp³-hybridized carbons (Fsp3) is 0.368. The van der Waals surface area contributed by atoms with E-state index >= 15 is 0 Å². The molecular weight excluding hydrogens is 298 g/mol. The highest BCUT2D eigenvalue weighted by molar-refractivity contribution is 5.34. The average Bonchev–Trinajstić information content (AvgIpc) is 3.18. The molecule has 5 nitrogen and oxygen atoms in total. The minimum Gasteiger partial charge on any atom is -0.302 e. The molecule has 0 fully saturated rings. The Morgan fingerprint density at radius 3 is 2.71 bits per heavy atom. The Bertz CT molecular complexity index is 773. The summed E-state index contributed by atoms with van der Waals surface area (Å²) in [6, 6.07) is 12.6. The van der Waals surface area contributed by atoms with Crippen molar-refractivity contribution in [3.63, 3.8) is 0 Å². The predicted octanol–water partition coefficient (Wildman–Crippen LogP) is 3.21. The zero-order valence-electron chi connectivity index (χ0n) is 14.7. The maximum Gasteiger partial charge on any atom is 0.0648 e. The monoisotopic (exact) mass is 323 g/mol. The Labute approximate surface area is 143 Å². The summed E-state index contributed by atoms with van der Waals surface area (Å²) in [6.07, 6.45) is 4.87. The fourth-order valence-electron chi connectivity index (χ4n) is 3.00. The van der Waals surface area contributed by atoms with E-state index in [-0.39, 0.29) is 0 Å². The molecule has 0 bridgehead atoms. The highest BCUT2D eigenvalue weighted by Gasteiger charge is 2.05. The Hall–Kier alpha value is -2.40. The highest BCUT2D eigenvalue weighted by atomic mass is 15.3. The maximum atomic E-state index is 4.52. The minimum absolute atomic E-state index is 0.937. The van der Waals surface area contributed by atoms with E-state index in [9.17, 15) is 0 Å². The van der Waals surface area contributed by atoms with Crippen molar-refractivity contribution >= 4 is 0 Å². The number of hydrogen-bond acceptors (Lipinski definition) is 3. The van der Waals surface area contributed by atoms with Crippen LogP contribution in [0, 0.1) is 13.8 Å². The smallest absolute Gasteiger partial charge is 0.0648 e. The molecule has 0 spiro atoms. The zero-order chi connectivity index (χ0) is 16.9. The predicted molar refractivity (Wildman–Crippen MR) is 96.2 cm³/mol. The lowest BCUT2D eigenvalue weighted by atomic mass is 10.2. The van der Waals surface area contributed by atoms with Gasteiger partial charge < -0.3 is 4.90 Å². The average molecular weight is 323 g/mol. The Kier molecular flexibility index (Phi) is 5.11. The second-order valence-electron chi connectivity index (χ2n) is 6.36. The van der Waals surface area contributed by atoms with Gasteiger partial charge in [0.1, 0.15) is 0 Å². The zero-order valence-corrected chi connectivity index (χ0v) is 14.7. The van der Waals surface area contributed by atoms with Gasteiger partial charge >= 0.3 is 0 Å². The largest absolute Gasteiger partial charge is 0.302 e. The van der Waals surface area contributed by atoms with Crippen LogP contribution in [0.2, 0.25) is 0 Å². The number of hydrogen-bond donors (Lipinski definition) is 0. The van der Waals surface area contributed by atoms with E-state index in [0.29, 0.717) is 0 Å². The topological polar surface area (TPSA) is 38.9 Å². The number of aromatic nitrogens is 4. The van der Waals surface area contributed by atoms with Crippen molar-refractivity contribution in [3.8, 4) is 5.69 Å². The van der Waals surface area contributed by atoms with Crippen molar-refractivity contribution in [1.82, 2.24) is 24.5 Å². The first-order valence-corrected chi connectivity index (χ1v) is 8.40. The van der Waals surface area contributed by atoms with Crippen molar-refractivity contribution in [2.75, 3.05) is 13.6 Å². The summed E-state index contributed by atoms with van der Waals surface area (Å²) in [4.78, 5) is 2.36. The second-order valence-corrected chi connectivity index (χ2v) is 6.36. The summed E-state index contributed by atoms with van der Waals surface area (Å²) in [5, 5.41) is 8.81. The van der Waals surface area contributed by atoms with Crippen LogP contribution in [0.3, 0.4) is 0 Å². The van der Waals surface area contributed by atoms with Crippen LogP contribution in [0.5, 0.6) is 0 Å². The second kappa shape index (κ2) is 7.45. The van der Waals surface area contributed by atoms with E-state index in [1.54, 1.807) is 6.20 Å². The van der Waals surface area contributed by atoms with Gasteiger partial charge in [0.05, 0.1) is 11.4 Å². The third-order valence-corrected chi connectivity index (χ3v) is 4.15. The molecule has 3 aromatic rings. The van der Waals surface area contributed by atoms with Crippen LogP contribution >= 0.6 is 0 Å². The molecule has 2 aromatic heterocycles. The van der Waals surface area contributed by atoms with Crippen molar-refractivity contribution in [1.29, 1.82) is 0 Å². The highest BCUT2D eigenvalue weighted by Crippen LogP contribution is 2.11. The molecule has 0 atom stereocenters. The van der Waals surface area contributed by atoms with Gasteiger partial charge in [-0.15, -0.1) is 0 Å². The van der Waals surface area contributed by atoms with Crippen molar-refractivity contribution < 1.29 is 0 Å². The lowest BCUT2D eigenvalue weighted by Gasteiger charge is -2.17. The molecule has 0 saturated heterocycles. The first-order chi connectivity index (χ1) is 11.6. The standard InChI is InChI=1S/C19H25N5/c1-16-13-17(2)23(21-16)12-6-10-22(3)15-18-7-4-8-19(14-18)24-11-5-9-20-24/h4-5,7-9,11,13-14H,6,10,12,15H2,1-3H3. The van der Waals surface area contributed by atoms with Gasteiger partial charge in [0, 0.05) is 31.2 Å². The molecule has 2 heterocycles. The van der Waals surface area contributed by atoms with Crippen LogP contribution in [0.1, 0.15) is 23.4 Å². The molecule has 0 aliphatic heterocycles. The van der Waals surface area contributed by atoms with E-state index in [1.807, 2.05) is 23.9 Å². The van der Waals surface area contributed by atoms with Gasteiger partial charge in [-0.3, -0.25) is 4.68 Å². The minimum atomic E-state index is 0.937. The summed E-state index contributed by atoms with van der Waals surface area (Å²) >= 11 is 0. The molecule has 0 amide bonds. The van der Waals surface area contributed by atoms with Crippen molar-refractivity contribution in [2.45, 2.75) is 33.4 Å². The molecule has 0 N–H and O–H groups in total. The van der Waals surface area contributed by atoms with E-state index in [2.05, 4.69) is 64.1 Å². The number of nitrogens with zero attached hydrogens (tertiary/aromatic N) is 5. The van der Waals surface area contributed by atoms with E-state index in [1.165, 1.54) is 11.3 Å². The first-order valence-electron chi connectivity index (χ1n) is 8.40. The Balaban J connectivity index is 1.52. The quantitative estimate of drug-likeness (QED) is 0.670. The molecule has 3 rings (SSSR count). The van der Waals surface area contributed by atoms with Crippen LogP contribution in [-0.2, 0) is 13.1 Å². The van der Waals surface area contributed by atoms with Gasteiger partial charge in [-0.2, -0.15) is 10.2 Å². The molecule has 5 heteroatoms. The SMILES string of the molecule is Cc1cc(C)n(CCCN(C)Cc2cccc(-n3cccn3)c2)n1. The molecule has 0 aliphatic carbocycles. The van der Waals surface area contributed by atoms with Gasteiger partial charge in [0.15, 0.2) is 0 Å². The van der Waals surface area contributed by atoms with Crippen LogP contribution < -0.4 is 0 Å². The van der Waals surface area contributed by atoms with Crippen LogP contribution in [-0.4, -0.2) is 38.1 Å². The van der Waals surface area contributed by atoms with Crippen LogP contribution in [0.15, 0.2) is 48.8 Å². The molecule has 0 aliphatic rings. The summed E-state index contributed by atoms with van der Waals surface area (Å²) in [6.45, 7) is 7.11. The normalized spacial score (nSPS) is 11.3. The molecule has 0 saturated carbocycles. The van der Waals surface area contributed by atoms with Gasteiger partial charge in [0.2, 0.25) is 0 Å². The molecule has 24 heavy (non-hydrogen) atoms. The molecule has 0 unspecified atom stereocenters. The third-order valence-electron chi connectivity index (χ3n) is 4.15. The fourth-order valence-corrected chi connectivity index (χ4v) is 3.00. The van der Waals surface area contributed by atoms with Gasteiger partial charge in [-0.25, -0.2) is 4.68 Å². The summed E-state index contributed by atoms with van der Waals surface area (Å²) in [5.74, 6) is 0. The van der Waals surface area contributed by atoms with Gasteiger partial charge in [-0.1, -0.05) is 12.1 Å². The molecule has 0 radical (unpaired) electrons. The van der Waals surface area contributed by atoms with E-state index < -0.39 is 0 Å². The molecule has 126 valence electrons. The van der Waals surface area contributed by atoms with E-state index in [0.717, 1.165) is 37.4 Å². The Morgan fingerprint density at radius 1 is 1.12 bits per heavy atom. The molecule has 1 aromatic carbocycles. The summed E-state index contributed by atoms with van der Waals surface area (Å²) in [7, 11) is 2.17. The van der Waals surface area contributed by atoms with Gasteiger partial charge in [-0.05, 0) is 63.7 Å². The lowest BCUT2D eigenvalue weighted by molar-refractivity contribution is 0.310. The number of benzene rings is 1. The molecular formula is C19H25N5. The summed E-state index contributed by atoms with van der Waals surface area (Å²) in [5.41, 5.74) is 4.74. The maximum absolute atomic E-state index is 4.52. The van der Waals surface area contributed by atoms with Crippen LogP contribution in [0.4, 0.5) is 0 Å². The van der Waals surface area contributed by atoms with Crippen molar-refractivity contribution in [3.05, 3.63) is 65.7 Å². The number of aryl methyl sites for hydroxylation is 3. The van der Waals surface area contributed by atoms with Gasteiger partial charge in [0.25, 0.3) is 0 Å². The third kappa shape index (κ3) is 4.11.